The van der Waals surface area contributed by atoms with E-state index in [9.17, 15) is 39.0 Å². The van der Waals surface area contributed by atoms with Crippen LogP contribution in [0.4, 0.5) is 10.9 Å². The van der Waals surface area contributed by atoms with Crippen LogP contribution in [0.1, 0.15) is 25.2 Å². The van der Waals surface area contributed by atoms with E-state index in [1.807, 2.05) is 0 Å². The number of hydrogen-bond donors (Lipinski definition) is 6. The number of carboxylic acid groups (broad SMARTS) is 2. The van der Waals surface area contributed by atoms with E-state index >= 15 is 0 Å². The fraction of sp³-hybridized carbons (Fsp3) is 0.391. The molecule has 0 spiro atoms. The van der Waals surface area contributed by atoms with E-state index in [1.54, 1.807) is 22.6 Å². The molecule has 0 aromatic carbocycles. The number of carbonyl (C=O) groups is 6. The van der Waals surface area contributed by atoms with E-state index < -0.39 is 46.5 Å². The van der Waals surface area contributed by atoms with Crippen molar-refractivity contribution in [3.8, 4) is 0 Å². The Bertz CT molecular complexity index is 1600. The molecule has 7 N–H and O–H groups in total. The smallest absolute Gasteiger partial charge is 0.352 e. The highest BCUT2D eigenvalue weighted by molar-refractivity contribution is 8.00. The maximum absolute atomic E-state index is 13.2. The highest BCUT2D eigenvalue weighted by Gasteiger charge is 2.55. The van der Waals surface area contributed by atoms with E-state index in [0.717, 1.165) is 16.4 Å². The summed E-state index contributed by atoms with van der Waals surface area (Å²) in [5.41, 5.74) is 3.94. The molecule has 2 atom stereocenters. The molecule has 19 nitrogen and oxygen atoms in total. The third-order valence-electron chi connectivity index (χ3n) is 6.53. The molecule has 1 saturated heterocycles. The summed E-state index contributed by atoms with van der Waals surface area (Å²) in [7, 11) is 1.63. The summed E-state index contributed by atoms with van der Waals surface area (Å²) in [6.45, 7) is 2.53. The quantitative estimate of drug-likeness (QED) is 0.0409. The van der Waals surface area contributed by atoms with Gasteiger partial charge in [0.15, 0.2) is 17.5 Å². The standard InChI is InChI=1S/C23H26N10O9S2/c1-23(2,21(40)41)42-29-12(15-28-22(24)44-30-15)17(36)27-13-18(37)33-14(20(38)39)11(7-43-19(13)33)6-32-5-10(4-25-8-34)16(26-9-35)31(32)3/h5,8-9,13,19H,4,6-7H2,1-3H3,(H6,24,25,27,28,30,34,36,38,39,40,41)/p+1/b29-12+/t13-,19-/m1/s1. The van der Waals surface area contributed by atoms with Crippen LogP contribution in [-0.4, -0.2) is 94.2 Å². The molecule has 234 valence electrons. The van der Waals surface area contributed by atoms with Gasteiger partial charge in [-0.05, 0) is 13.8 Å². The Balaban J connectivity index is 1.57. The summed E-state index contributed by atoms with van der Waals surface area (Å²) in [5, 5.41) is 29.8. The number of nitrogen functional groups attached to an aromatic ring is 1. The molecule has 2 aliphatic rings. The Morgan fingerprint density at radius 2 is 2.02 bits per heavy atom. The van der Waals surface area contributed by atoms with Crippen molar-refractivity contribution >= 4 is 76.5 Å². The van der Waals surface area contributed by atoms with Gasteiger partial charge in [0, 0.05) is 22.9 Å². The zero-order chi connectivity index (χ0) is 32.3. The van der Waals surface area contributed by atoms with Gasteiger partial charge in [-0.25, -0.2) is 9.59 Å². The second kappa shape index (κ2) is 12.7. The number of anilines is 2. The highest BCUT2D eigenvalue weighted by Crippen LogP contribution is 2.40. The van der Waals surface area contributed by atoms with Gasteiger partial charge in [-0.1, -0.05) is 5.16 Å². The van der Waals surface area contributed by atoms with Crippen molar-refractivity contribution in [1.29, 1.82) is 0 Å². The number of nitrogens with one attached hydrogen (secondary N) is 3. The third-order valence-corrected chi connectivity index (χ3v) is 8.41. The number of carboxylic acids is 2. The number of oxime groups is 1. The molecule has 0 saturated carbocycles. The lowest BCUT2D eigenvalue weighted by Crippen LogP contribution is -2.71. The third kappa shape index (κ3) is 6.17. The monoisotopic (exact) mass is 651 g/mol. The molecule has 4 amide bonds. The normalized spacial score (nSPS) is 18.2. The summed E-state index contributed by atoms with van der Waals surface area (Å²) < 4.78 is 7.09. The topological polar surface area (TPSA) is 264 Å². The van der Waals surface area contributed by atoms with Gasteiger partial charge in [-0.3, -0.25) is 24.1 Å². The SMILES string of the molecule is Cn1c(NC=O)c(CNC=O)c[n+]1CC1=C(C(=O)O)N2C(=O)[C@@H](NC(=O)/C(=N/OC(C)(C)C(=O)O)c3nsc(N)n3)[C@H]2SC1. The minimum atomic E-state index is -1.82. The summed E-state index contributed by atoms with van der Waals surface area (Å²) in [6, 6.07) is -1.16. The van der Waals surface area contributed by atoms with Crippen LogP contribution in [0, 0.1) is 0 Å². The van der Waals surface area contributed by atoms with Crippen molar-refractivity contribution in [3.63, 3.8) is 0 Å². The van der Waals surface area contributed by atoms with Gasteiger partial charge < -0.3 is 36.7 Å². The number of aromatic nitrogens is 4. The van der Waals surface area contributed by atoms with E-state index in [0.29, 0.717) is 29.8 Å². The molecule has 4 rings (SSSR count). The van der Waals surface area contributed by atoms with E-state index in [1.165, 1.54) is 25.6 Å². The Kier molecular flexibility index (Phi) is 9.18. The van der Waals surface area contributed by atoms with E-state index in [2.05, 4.69) is 30.5 Å². The first kappa shape index (κ1) is 31.9. The number of thioether (sulfide) groups is 1. The Morgan fingerprint density at radius 3 is 2.61 bits per heavy atom. The number of aliphatic carboxylic acids is 2. The van der Waals surface area contributed by atoms with Gasteiger partial charge in [0.2, 0.25) is 36.2 Å². The molecule has 0 aliphatic carbocycles. The average Bonchev–Trinajstić information content (AvgIpc) is 3.52. The Morgan fingerprint density at radius 1 is 1.30 bits per heavy atom. The predicted octanol–water partition coefficient (Wildman–Crippen LogP) is -2.42. The van der Waals surface area contributed by atoms with Gasteiger partial charge in [-0.15, -0.1) is 21.1 Å². The molecule has 44 heavy (non-hydrogen) atoms. The molecule has 1 fully saturated rings. The molecule has 2 aromatic heterocycles. The molecule has 21 heteroatoms. The van der Waals surface area contributed by atoms with Crippen LogP contribution < -0.4 is 26.4 Å². The molecule has 4 heterocycles. The van der Waals surface area contributed by atoms with Crippen LogP contribution in [0.25, 0.3) is 0 Å². The van der Waals surface area contributed by atoms with Gasteiger partial charge in [0.1, 0.15) is 17.1 Å². The van der Waals surface area contributed by atoms with Crippen LogP contribution in [0.2, 0.25) is 0 Å². The minimum absolute atomic E-state index is 0.00670. The number of rotatable bonds is 14. The van der Waals surface area contributed by atoms with Crippen molar-refractivity contribution < 1.29 is 48.5 Å². The van der Waals surface area contributed by atoms with Gasteiger partial charge in [-0.2, -0.15) is 9.36 Å². The maximum Gasteiger partial charge on any atom is 0.352 e. The van der Waals surface area contributed by atoms with Crippen LogP contribution in [-0.2, 0) is 53.7 Å². The van der Waals surface area contributed by atoms with Crippen LogP contribution >= 0.6 is 23.3 Å². The van der Waals surface area contributed by atoms with E-state index in [-0.39, 0.29) is 35.5 Å². The number of amides is 4. The number of carbonyl (C=O) groups excluding carboxylic acids is 4. The zero-order valence-electron chi connectivity index (χ0n) is 23.3. The second-order valence-electron chi connectivity index (χ2n) is 9.81. The van der Waals surface area contributed by atoms with Crippen molar-refractivity contribution in [2.75, 3.05) is 16.8 Å². The fourth-order valence-electron chi connectivity index (χ4n) is 4.26. The Labute approximate surface area is 256 Å². The predicted molar refractivity (Wildman–Crippen MR) is 152 cm³/mol. The van der Waals surface area contributed by atoms with Crippen molar-refractivity contribution in [2.45, 2.75) is 44.0 Å². The molecule has 0 unspecified atom stereocenters. The number of nitrogens with two attached hydrogens (primary N) is 1. The Hall–Kier alpha value is -5.05. The molecular weight excluding hydrogens is 624 g/mol. The van der Waals surface area contributed by atoms with Crippen LogP contribution in [0.5, 0.6) is 0 Å². The van der Waals surface area contributed by atoms with Crippen molar-refractivity contribution in [2.24, 2.45) is 12.2 Å². The van der Waals surface area contributed by atoms with Crippen LogP contribution in [0.15, 0.2) is 22.6 Å². The maximum atomic E-state index is 13.2. The van der Waals surface area contributed by atoms with Crippen LogP contribution in [0.3, 0.4) is 0 Å². The summed E-state index contributed by atoms with van der Waals surface area (Å²) >= 11 is 1.96. The first-order chi connectivity index (χ1) is 20.8. The number of hydrogen-bond acceptors (Lipinski definition) is 13. The lowest BCUT2D eigenvalue weighted by molar-refractivity contribution is -0.765. The lowest BCUT2D eigenvalue weighted by atomic mass is 10.0. The zero-order valence-corrected chi connectivity index (χ0v) is 25.0. The first-order valence-corrected chi connectivity index (χ1v) is 14.4. The van der Waals surface area contributed by atoms with Crippen molar-refractivity contribution in [1.82, 2.24) is 29.6 Å². The summed E-state index contributed by atoms with van der Waals surface area (Å²) in [4.78, 5) is 82.2. The number of fused-ring (bicyclic) bond motifs is 1. The molecule has 0 radical (unpaired) electrons. The van der Waals surface area contributed by atoms with Crippen molar-refractivity contribution in [3.05, 3.63) is 28.9 Å². The fourth-order valence-corrected chi connectivity index (χ4v) is 6.03. The minimum Gasteiger partial charge on any atom is -0.478 e. The summed E-state index contributed by atoms with van der Waals surface area (Å²) in [5.74, 6) is -4.12. The lowest BCUT2D eigenvalue weighted by Gasteiger charge is -2.49. The average molecular weight is 652 g/mol. The number of nitrogens with zero attached hydrogens (tertiary/aromatic N) is 6. The van der Waals surface area contributed by atoms with E-state index in [4.69, 9.17) is 10.6 Å². The van der Waals surface area contributed by atoms with Gasteiger partial charge in [0.25, 0.3) is 11.8 Å². The van der Waals surface area contributed by atoms with Gasteiger partial charge >= 0.3 is 11.9 Å². The molecule has 2 aliphatic heterocycles. The second-order valence-corrected chi connectivity index (χ2v) is 11.7. The molecule has 2 aromatic rings. The largest absolute Gasteiger partial charge is 0.478 e. The first-order valence-electron chi connectivity index (χ1n) is 12.6. The molecule has 0 bridgehead atoms. The van der Waals surface area contributed by atoms with Gasteiger partial charge in [0.05, 0.1) is 19.2 Å². The number of β-lactam (4-membered cyclic amide) rings is 1. The highest BCUT2D eigenvalue weighted by atomic mass is 32.2. The summed E-state index contributed by atoms with van der Waals surface area (Å²) in [6.07, 6.45) is 2.59. The molecular formula is C23H27N10O9S2+.